The Morgan fingerprint density at radius 1 is 1.24 bits per heavy atom. The smallest absolute Gasteiger partial charge is 0.416 e. The monoisotopic (exact) mass is 380 g/mol. The zero-order valence-corrected chi connectivity index (χ0v) is 14.4. The van der Waals surface area contributed by atoms with Gasteiger partial charge in [-0.05, 0) is 43.0 Å². The van der Waals surface area contributed by atoms with Crippen LogP contribution in [0.4, 0.5) is 18.0 Å². The minimum atomic E-state index is -4.51. The summed E-state index contributed by atoms with van der Waals surface area (Å²) in [5, 5.41) is 0. The number of carbonyl (C=O) groups excluding carboxylic acids is 1. The molecule has 6 nitrogen and oxygen atoms in total. The van der Waals surface area contributed by atoms with Gasteiger partial charge in [-0.1, -0.05) is 0 Å². The molecule has 0 bridgehead atoms. The fourth-order valence-corrected chi connectivity index (χ4v) is 3.70. The molecule has 1 aliphatic rings. The van der Waals surface area contributed by atoms with E-state index in [0.29, 0.717) is 25.9 Å². The summed E-state index contributed by atoms with van der Waals surface area (Å²) in [6.07, 6.45) is -3.69. The molecule has 0 unspecified atom stereocenters. The summed E-state index contributed by atoms with van der Waals surface area (Å²) in [5.74, 6) is 0.0464. The molecule has 1 amide bonds. The predicted octanol–water partition coefficient (Wildman–Crippen LogP) is 2.46. The number of methoxy groups -OCH3 is 1. The van der Waals surface area contributed by atoms with Gasteiger partial charge in [-0.3, -0.25) is 0 Å². The molecule has 1 aromatic rings. The minimum Gasteiger partial charge on any atom is -0.453 e. The fourth-order valence-electron chi connectivity index (χ4n) is 2.58. The number of likely N-dealkylation sites (tertiary alicyclic amines) is 1. The van der Waals surface area contributed by atoms with Crippen LogP contribution in [-0.2, 0) is 20.9 Å². The number of halogens is 3. The Hall–Kier alpha value is -1.81. The highest BCUT2D eigenvalue weighted by molar-refractivity contribution is 7.89. The van der Waals surface area contributed by atoms with E-state index in [4.69, 9.17) is 0 Å². The molecule has 10 heteroatoms. The predicted molar refractivity (Wildman–Crippen MR) is 83.3 cm³/mol. The van der Waals surface area contributed by atoms with Gasteiger partial charge in [0.2, 0.25) is 10.0 Å². The Labute approximate surface area is 144 Å². The number of sulfonamides is 1. The van der Waals surface area contributed by atoms with E-state index in [0.717, 1.165) is 24.3 Å². The maximum absolute atomic E-state index is 12.5. The van der Waals surface area contributed by atoms with E-state index in [1.54, 1.807) is 4.90 Å². The number of ether oxygens (including phenoxy) is 1. The van der Waals surface area contributed by atoms with Crippen molar-refractivity contribution in [3.8, 4) is 0 Å². The Morgan fingerprint density at radius 2 is 1.80 bits per heavy atom. The van der Waals surface area contributed by atoms with Gasteiger partial charge in [0.05, 0.1) is 17.6 Å². The number of alkyl halides is 3. The molecule has 1 heterocycles. The second-order valence-corrected chi connectivity index (χ2v) is 7.54. The van der Waals surface area contributed by atoms with Crippen molar-refractivity contribution in [2.75, 3.05) is 26.7 Å². The zero-order valence-electron chi connectivity index (χ0n) is 13.5. The van der Waals surface area contributed by atoms with Crippen LogP contribution in [0.2, 0.25) is 0 Å². The van der Waals surface area contributed by atoms with Crippen molar-refractivity contribution < 1.29 is 31.1 Å². The van der Waals surface area contributed by atoms with Crippen LogP contribution >= 0.6 is 0 Å². The molecule has 1 fully saturated rings. The lowest BCUT2D eigenvalue weighted by molar-refractivity contribution is -0.137. The largest absolute Gasteiger partial charge is 0.453 e. The summed E-state index contributed by atoms with van der Waals surface area (Å²) in [4.78, 5) is 12.7. The van der Waals surface area contributed by atoms with Gasteiger partial charge in [-0.2, -0.15) is 13.2 Å². The number of nitrogens with one attached hydrogen (secondary N) is 1. The van der Waals surface area contributed by atoms with Crippen LogP contribution in [0.25, 0.3) is 0 Å². The molecule has 0 aromatic heterocycles. The Morgan fingerprint density at radius 3 is 2.28 bits per heavy atom. The van der Waals surface area contributed by atoms with Gasteiger partial charge in [-0.15, -0.1) is 0 Å². The fraction of sp³-hybridized carbons (Fsp3) is 0.533. The van der Waals surface area contributed by atoms with Gasteiger partial charge in [0.15, 0.2) is 0 Å². The molecule has 0 atom stereocenters. The second kappa shape index (κ2) is 7.61. The lowest BCUT2D eigenvalue weighted by atomic mass is 9.97. The molecule has 1 saturated heterocycles. The third-order valence-corrected chi connectivity index (χ3v) is 5.54. The summed E-state index contributed by atoms with van der Waals surface area (Å²) in [5.41, 5.74) is -0.901. The maximum Gasteiger partial charge on any atom is 0.416 e. The molecule has 1 N–H and O–H groups in total. The average molecular weight is 380 g/mol. The van der Waals surface area contributed by atoms with Crippen molar-refractivity contribution in [1.82, 2.24) is 9.62 Å². The first-order valence-electron chi connectivity index (χ1n) is 7.63. The van der Waals surface area contributed by atoms with Crippen LogP contribution in [0.5, 0.6) is 0 Å². The Kier molecular flexibility index (Phi) is 5.94. The average Bonchev–Trinajstić information content (AvgIpc) is 2.59. The zero-order chi connectivity index (χ0) is 18.7. The first kappa shape index (κ1) is 19.5. The van der Waals surface area contributed by atoms with Crippen molar-refractivity contribution in [2.45, 2.75) is 23.9 Å². The van der Waals surface area contributed by atoms with Crippen molar-refractivity contribution in [3.05, 3.63) is 29.8 Å². The van der Waals surface area contributed by atoms with Gasteiger partial charge >= 0.3 is 12.3 Å². The van der Waals surface area contributed by atoms with E-state index in [9.17, 15) is 26.4 Å². The molecular formula is C15H19F3N2O4S. The van der Waals surface area contributed by atoms with Crippen LogP contribution in [0, 0.1) is 5.92 Å². The molecule has 0 radical (unpaired) electrons. The summed E-state index contributed by atoms with van der Waals surface area (Å²) in [7, 11) is -2.58. The molecular weight excluding hydrogens is 361 g/mol. The molecule has 0 spiro atoms. The van der Waals surface area contributed by atoms with Crippen molar-refractivity contribution in [1.29, 1.82) is 0 Å². The van der Waals surface area contributed by atoms with Gasteiger partial charge in [0, 0.05) is 19.6 Å². The highest BCUT2D eigenvalue weighted by atomic mass is 32.2. The summed E-state index contributed by atoms with van der Waals surface area (Å²) < 4.78 is 69.0. The maximum atomic E-state index is 12.5. The van der Waals surface area contributed by atoms with Crippen LogP contribution in [-0.4, -0.2) is 46.2 Å². The van der Waals surface area contributed by atoms with Gasteiger partial charge in [0.1, 0.15) is 0 Å². The highest BCUT2D eigenvalue weighted by Crippen LogP contribution is 2.29. The molecule has 1 aliphatic heterocycles. The lowest BCUT2D eigenvalue weighted by Crippen LogP contribution is -2.41. The second-order valence-electron chi connectivity index (χ2n) is 5.77. The van der Waals surface area contributed by atoms with Crippen molar-refractivity contribution >= 4 is 16.1 Å². The van der Waals surface area contributed by atoms with E-state index in [2.05, 4.69) is 9.46 Å². The molecule has 2 rings (SSSR count). The Balaban J connectivity index is 1.91. The Bertz CT molecular complexity index is 696. The minimum absolute atomic E-state index is 0.0464. The van der Waals surface area contributed by atoms with Crippen LogP contribution in [0.15, 0.2) is 29.2 Å². The molecule has 1 aromatic carbocycles. The number of amides is 1. The van der Waals surface area contributed by atoms with Crippen molar-refractivity contribution in [3.63, 3.8) is 0 Å². The van der Waals surface area contributed by atoms with Crippen LogP contribution < -0.4 is 4.72 Å². The van der Waals surface area contributed by atoms with E-state index in [1.807, 2.05) is 0 Å². The van der Waals surface area contributed by atoms with Gasteiger partial charge in [0.25, 0.3) is 0 Å². The first-order valence-corrected chi connectivity index (χ1v) is 9.11. The normalized spacial score (nSPS) is 16.7. The number of piperidine rings is 1. The standard InChI is InChI=1S/C15H19F3N2O4S/c1-24-14(21)20-8-6-11(7-9-20)10-19-25(22,23)13-4-2-12(3-5-13)15(16,17)18/h2-5,11,19H,6-10H2,1H3. The number of nitrogens with zero attached hydrogens (tertiary/aromatic N) is 1. The van der Waals surface area contributed by atoms with Crippen LogP contribution in [0.3, 0.4) is 0 Å². The third-order valence-electron chi connectivity index (χ3n) is 4.10. The number of hydrogen-bond donors (Lipinski definition) is 1. The van der Waals surface area contributed by atoms with Gasteiger partial charge < -0.3 is 9.64 Å². The van der Waals surface area contributed by atoms with E-state index in [-0.39, 0.29) is 17.4 Å². The first-order chi connectivity index (χ1) is 11.6. The van der Waals surface area contributed by atoms with E-state index >= 15 is 0 Å². The SMILES string of the molecule is COC(=O)N1CCC(CNS(=O)(=O)c2ccc(C(F)(F)F)cc2)CC1. The van der Waals surface area contributed by atoms with E-state index in [1.165, 1.54) is 7.11 Å². The third kappa shape index (κ3) is 5.08. The van der Waals surface area contributed by atoms with Gasteiger partial charge in [-0.25, -0.2) is 17.9 Å². The van der Waals surface area contributed by atoms with Crippen molar-refractivity contribution in [2.24, 2.45) is 5.92 Å². The quantitative estimate of drug-likeness (QED) is 0.871. The van der Waals surface area contributed by atoms with E-state index < -0.39 is 27.9 Å². The summed E-state index contributed by atoms with van der Waals surface area (Å²) >= 11 is 0. The number of benzene rings is 1. The summed E-state index contributed by atoms with van der Waals surface area (Å²) in [6.45, 7) is 1.11. The number of rotatable bonds is 4. The molecule has 0 saturated carbocycles. The topological polar surface area (TPSA) is 75.7 Å². The molecule has 25 heavy (non-hydrogen) atoms. The highest BCUT2D eigenvalue weighted by Gasteiger charge is 2.31. The lowest BCUT2D eigenvalue weighted by Gasteiger charge is -2.30. The molecule has 140 valence electrons. The molecule has 0 aliphatic carbocycles. The summed E-state index contributed by atoms with van der Waals surface area (Å²) in [6, 6.07) is 3.35. The number of hydrogen-bond acceptors (Lipinski definition) is 4. The number of carbonyl (C=O) groups is 1. The van der Waals surface area contributed by atoms with Crippen LogP contribution in [0.1, 0.15) is 18.4 Å².